The first-order valence-corrected chi connectivity index (χ1v) is 8.57. The molecule has 1 aromatic carbocycles. The van der Waals surface area contributed by atoms with Crippen LogP contribution in [0.2, 0.25) is 0 Å². The van der Waals surface area contributed by atoms with Crippen LogP contribution in [0.3, 0.4) is 0 Å². The molecule has 1 heterocycles. The molecule has 0 amide bonds. The predicted octanol–water partition coefficient (Wildman–Crippen LogP) is 2.12. The van der Waals surface area contributed by atoms with Gasteiger partial charge in [-0.1, -0.05) is 12.1 Å². The summed E-state index contributed by atoms with van der Waals surface area (Å²) in [5.74, 6) is 0.124. The van der Waals surface area contributed by atoms with E-state index < -0.39 is 10.0 Å². The van der Waals surface area contributed by atoms with E-state index in [9.17, 15) is 8.42 Å². The number of benzene rings is 1. The minimum Gasteiger partial charge on any atom is -0.372 e. The van der Waals surface area contributed by atoms with Gasteiger partial charge in [0.2, 0.25) is 10.0 Å². The van der Waals surface area contributed by atoms with Crippen molar-refractivity contribution in [1.29, 1.82) is 0 Å². The van der Waals surface area contributed by atoms with Crippen LogP contribution in [0, 0.1) is 0 Å². The van der Waals surface area contributed by atoms with Gasteiger partial charge in [-0.15, -0.1) is 0 Å². The van der Waals surface area contributed by atoms with E-state index in [0.29, 0.717) is 6.54 Å². The molecular formula is C14H22N2O2S. The highest BCUT2D eigenvalue weighted by Gasteiger charge is 2.11. The number of hydrogen-bond acceptors (Lipinski definition) is 3. The maximum Gasteiger partial charge on any atom is 0.211 e. The summed E-state index contributed by atoms with van der Waals surface area (Å²) in [7, 11) is -3.11. The Kier molecular flexibility index (Phi) is 4.82. The molecule has 4 nitrogen and oxygen atoms in total. The van der Waals surface area contributed by atoms with Gasteiger partial charge in [0.1, 0.15) is 0 Å². The zero-order valence-corrected chi connectivity index (χ0v) is 12.2. The van der Waals surface area contributed by atoms with Crippen molar-refractivity contribution in [2.24, 2.45) is 0 Å². The fourth-order valence-electron chi connectivity index (χ4n) is 2.27. The average Bonchev–Trinajstić information content (AvgIpc) is 2.47. The lowest BCUT2D eigenvalue weighted by atomic mass is 10.1. The Balaban J connectivity index is 1.94. The van der Waals surface area contributed by atoms with Gasteiger partial charge in [0.05, 0.1) is 5.75 Å². The second-order valence-corrected chi connectivity index (χ2v) is 7.03. The third-order valence-corrected chi connectivity index (χ3v) is 4.88. The largest absolute Gasteiger partial charge is 0.372 e. The summed E-state index contributed by atoms with van der Waals surface area (Å²) >= 11 is 0. The Labute approximate surface area is 115 Å². The maximum absolute atomic E-state index is 11.4. The minimum atomic E-state index is -3.11. The number of nitrogens with zero attached hydrogens (tertiary/aromatic N) is 1. The molecule has 0 spiro atoms. The number of hydrogen-bond donors (Lipinski definition) is 1. The lowest BCUT2D eigenvalue weighted by Crippen LogP contribution is -2.29. The first kappa shape index (κ1) is 14.3. The molecule has 0 aromatic heterocycles. The summed E-state index contributed by atoms with van der Waals surface area (Å²) in [6, 6.07) is 8.17. The molecule has 0 saturated carbocycles. The summed E-state index contributed by atoms with van der Waals surface area (Å²) < 4.78 is 25.3. The van der Waals surface area contributed by atoms with Gasteiger partial charge in [-0.2, -0.15) is 0 Å². The van der Waals surface area contributed by atoms with E-state index in [1.165, 1.54) is 24.9 Å². The molecule has 2 rings (SSSR count). The van der Waals surface area contributed by atoms with E-state index in [-0.39, 0.29) is 5.75 Å². The van der Waals surface area contributed by atoms with Crippen molar-refractivity contribution in [1.82, 2.24) is 4.72 Å². The Bertz CT molecular complexity index is 491. The van der Waals surface area contributed by atoms with Gasteiger partial charge in [-0.05, 0) is 43.9 Å². The fraction of sp³-hybridized carbons (Fsp3) is 0.571. The van der Waals surface area contributed by atoms with Crippen molar-refractivity contribution >= 4 is 15.7 Å². The second kappa shape index (κ2) is 6.39. The molecular weight excluding hydrogens is 260 g/mol. The zero-order chi connectivity index (χ0) is 13.7. The zero-order valence-electron chi connectivity index (χ0n) is 11.4. The van der Waals surface area contributed by atoms with Gasteiger partial charge >= 0.3 is 0 Å². The van der Waals surface area contributed by atoms with E-state index in [2.05, 4.69) is 21.8 Å². The second-order valence-electron chi connectivity index (χ2n) is 4.94. The Hall–Kier alpha value is -1.07. The van der Waals surface area contributed by atoms with Crippen LogP contribution in [-0.4, -0.2) is 27.3 Å². The molecule has 1 saturated heterocycles. The number of sulfonamides is 1. The monoisotopic (exact) mass is 282 g/mol. The fourth-order valence-corrected chi connectivity index (χ4v) is 2.86. The lowest BCUT2D eigenvalue weighted by Gasteiger charge is -2.28. The van der Waals surface area contributed by atoms with E-state index in [0.717, 1.165) is 18.7 Å². The number of rotatable bonds is 5. The van der Waals surface area contributed by atoms with Crippen molar-refractivity contribution in [2.45, 2.75) is 32.7 Å². The van der Waals surface area contributed by atoms with Gasteiger partial charge in [0, 0.05) is 25.3 Å². The van der Waals surface area contributed by atoms with Crippen molar-refractivity contribution in [3.05, 3.63) is 29.8 Å². The third kappa shape index (κ3) is 4.21. The quantitative estimate of drug-likeness (QED) is 0.900. The summed E-state index contributed by atoms with van der Waals surface area (Å²) in [5, 5.41) is 0. The molecule has 106 valence electrons. The summed E-state index contributed by atoms with van der Waals surface area (Å²) in [5.41, 5.74) is 2.24. The van der Waals surface area contributed by atoms with Crippen LogP contribution in [0.5, 0.6) is 0 Å². The highest BCUT2D eigenvalue weighted by atomic mass is 32.2. The predicted molar refractivity (Wildman–Crippen MR) is 78.8 cm³/mol. The Morgan fingerprint density at radius 2 is 1.74 bits per heavy atom. The van der Waals surface area contributed by atoms with Crippen LogP contribution in [0.1, 0.15) is 31.7 Å². The highest BCUT2D eigenvalue weighted by molar-refractivity contribution is 7.89. The molecule has 0 bridgehead atoms. The lowest BCUT2D eigenvalue weighted by molar-refractivity contribution is 0.577. The molecule has 1 N–H and O–H groups in total. The molecule has 19 heavy (non-hydrogen) atoms. The standard InChI is InChI=1S/C14H22N2O2S/c1-2-19(17,18)15-12-13-6-8-14(9-7-13)16-10-4-3-5-11-16/h6-9,15H,2-5,10-12H2,1H3. The van der Waals surface area contributed by atoms with Gasteiger partial charge in [-0.25, -0.2) is 13.1 Å². The first-order valence-electron chi connectivity index (χ1n) is 6.92. The van der Waals surface area contributed by atoms with Crippen LogP contribution in [0.25, 0.3) is 0 Å². The molecule has 1 aliphatic rings. The smallest absolute Gasteiger partial charge is 0.211 e. The van der Waals surface area contributed by atoms with E-state index in [1.54, 1.807) is 6.92 Å². The van der Waals surface area contributed by atoms with Gasteiger partial charge in [-0.3, -0.25) is 0 Å². The van der Waals surface area contributed by atoms with Crippen molar-refractivity contribution < 1.29 is 8.42 Å². The molecule has 5 heteroatoms. The molecule has 0 aliphatic carbocycles. The normalized spacial score (nSPS) is 16.6. The van der Waals surface area contributed by atoms with E-state index >= 15 is 0 Å². The highest BCUT2D eigenvalue weighted by Crippen LogP contribution is 2.20. The number of nitrogens with one attached hydrogen (secondary N) is 1. The number of piperidine rings is 1. The van der Waals surface area contributed by atoms with Crippen LogP contribution >= 0.6 is 0 Å². The summed E-state index contributed by atoms with van der Waals surface area (Å²) in [6.07, 6.45) is 3.85. The van der Waals surface area contributed by atoms with Crippen LogP contribution < -0.4 is 9.62 Å². The molecule has 0 atom stereocenters. The summed E-state index contributed by atoms with van der Waals surface area (Å²) in [4.78, 5) is 2.39. The average molecular weight is 282 g/mol. The van der Waals surface area contributed by atoms with Crippen LogP contribution in [0.15, 0.2) is 24.3 Å². The Morgan fingerprint density at radius 3 is 2.32 bits per heavy atom. The minimum absolute atomic E-state index is 0.124. The Morgan fingerprint density at radius 1 is 1.11 bits per heavy atom. The van der Waals surface area contributed by atoms with Gasteiger partial charge in [0.15, 0.2) is 0 Å². The third-order valence-electron chi connectivity index (χ3n) is 3.53. The summed E-state index contributed by atoms with van der Waals surface area (Å²) in [6.45, 7) is 4.27. The van der Waals surface area contributed by atoms with Gasteiger partial charge < -0.3 is 4.90 Å². The molecule has 1 aliphatic heterocycles. The molecule has 1 fully saturated rings. The van der Waals surface area contributed by atoms with Gasteiger partial charge in [0.25, 0.3) is 0 Å². The first-order chi connectivity index (χ1) is 9.11. The SMILES string of the molecule is CCS(=O)(=O)NCc1ccc(N2CCCCC2)cc1. The topological polar surface area (TPSA) is 49.4 Å². The van der Waals surface area contributed by atoms with E-state index in [1.807, 2.05) is 12.1 Å². The van der Waals surface area contributed by atoms with E-state index in [4.69, 9.17) is 0 Å². The maximum atomic E-state index is 11.4. The molecule has 0 radical (unpaired) electrons. The van der Waals surface area contributed by atoms with Crippen LogP contribution in [-0.2, 0) is 16.6 Å². The van der Waals surface area contributed by atoms with Crippen molar-refractivity contribution in [3.63, 3.8) is 0 Å². The van der Waals surface area contributed by atoms with Crippen molar-refractivity contribution in [3.8, 4) is 0 Å². The van der Waals surface area contributed by atoms with Crippen molar-refractivity contribution in [2.75, 3.05) is 23.7 Å². The molecule has 0 unspecified atom stereocenters. The number of anilines is 1. The van der Waals surface area contributed by atoms with Crippen LogP contribution in [0.4, 0.5) is 5.69 Å². The molecule has 1 aromatic rings.